The van der Waals surface area contributed by atoms with E-state index >= 15 is 0 Å². The van der Waals surface area contributed by atoms with Gasteiger partial charge in [0.15, 0.2) is 0 Å². The van der Waals surface area contributed by atoms with Gasteiger partial charge in [0.2, 0.25) is 5.91 Å². The summed E-state index contributed by atoms with van der Waals surface area (Å²) in [7, 11) is 0. The molecule has 0 saturated heterocycles. The van der Waals surface area contributed by atoms with E-state index in [0.29, 0.717) is 5.76 Å². The molecule has 0 aliphatic heterocycles. The summed E-state index contributed by atoms with van der Waals surface area (Å²) in [4.78, 5) is 11.9. The van der Waals surface area contributed by atoms with Gasteiger partial charge in [0.25, 0.3) is 0 Å². The molecule has 1 aromatic heterocycles. The smallest absolute Gasteiger partial charge is 0.224 e. The lowest BCUT2D eigenvalue weighted by Crippen LogP contribution is -2.39. The molecule has 4 nitrogen and oxygen atoms in total. The van der Waals surface area contributed by atoms with Crippen molar-refractivity contribution in [1.82, 2.24) is 5.32 Å². The Morgan fingerprint density at radius 1 is 1.43 bits per heavy atom. The number of halogens is 2. The maximum Gasteiger partial charge on any atom is 0.224 e. The lowest BCUT2D eigenvalue weighted by molar-refractivity contribution is -0.121. The number of rotatable bonds is 5. The van der Waals surface area contributed by atoms with Crippen LogP contribution in [0.4, 0.5) is 4.39 Å². The zero-order valence-corrected chi connectivity index (χ0v) is 12.2. The average molecular weight is 312 g/mol. The SMILES string of the molecule is CC(O)(CNC(=O)Cc1c(F)cccc1Cl)c1ccco1. The van der Waals surface area contributed by atoms with E-state index in [0.717, 1.165) is 0 Å². The molecule has 0 spiro atoms. The van der Waals surface area contributed by atoms with Gasteiger partial charge >= 0.3 is 0 Å². The summed E-state index contributed by atoms with van der Waals surface area (Å²) in [6.07, 6.45) is 1.24. The van der Waals surface area contributed by atoms with Crippen molar-refractivity contribution in [3.8, 4) is 0 Å². The highest BCUT2D eigenvalue weighted by Gasteiger charge is 2.27. The van der Waals surface area contributed by atoms with E-state index < -0.39 is 17.3 Å². The maximum atomic E-state index is 13.6. The number of amides is 1. The second-order valence-corrected chi connectivity index (χ2v) is 5.31. The second-order valence-electron chi connectivity index (χ2n) is 4.90. The fraction of sp³-hybridized carbons (Fsp3) is 0.267. The van der Waals surface area contributed by atoms with Gasteiger partial charge in [-0.2, -0.15) is 0 Å². The van der Waals surface area contributed by atoms with E-state index in [-0.39, 0.29) is 23.6 Å². The predicted molar refractivity (Wildman–Crippen MR) is 76.4 cm³/mol. The number of carbonyl (C=O) groups excluding carboxylic acids is 1. The van der Waals surface area contributed by atoms with E-state index in [9.17, 15) is 14.3 Å². The first-order valence-electron chi connectivity index (χ1n) is 6.36. The number of carbonyl (C=O) groups is 1. The quantitative estimate of drug-likeness (QED) is 0.892. The standard InChI is InChI=1S/C15H15ClFNO3/c1-15(20,13-6-3-7-21-13)9-18-14(19)8-10-11(16)4-2-5-12(10)17/h2-7,20H,8-9H2,1H3,(H,18,19). The van der Waals surface area contributed by atoms with Gasteiger partial charge in [-0.1, -0.05) is 17.7 Å². The van der Waals surface area contributed by atoms with Crippen LogP contribution in [0.25, 0.3) is 0 Å². The molecule has 1 heterocycles. The number of benzene rings is 1. The molecule has 2 N–H and O–H groups in total. The minimum Gasteiger partial charge on any atom is -0.466 e. The van der Waals surface area contributed by atoms with Gasteiger partial charge in [0.1, 0.15) is 17.2 Å². The molecule has 1 amide bonds. The molecule has 0 saturated carbocycles. The molecule has 2 aromatic rings. The molecular formula is C15H15ClFNO3. The van der Waals surface area contributed by atoms with Gasteiger partial charge in [-0.05, 0) is 31.2 Å². The Hall–Kier alpha value is -1.85. The fourth-order valence-corrected chi connectivity index (χ4v) is 2.10. The zero-order valence-electron chi connectivity index (χ0n) is 11.4. The molecule has 0 aliphatic carbocycles. The number of hydrogen-bond acceptors (Lipinski definition) is 3. The third kappa shape index (κ3) is 3.83. The summed E-state index contributed by atoms with van der Waals surface area (Å²) < 4.78 is 18.7. The van der Waals surface area contributed by atoms with Crippen molar-refractivity contribution >= 4 is 17.5 Å². The third-order valence-electron chi connectivity index (χ3n) is 3.08. The van der Waals surface area contributed by atoms with Crippen LogP contribution in [0.15, 0.2) is 41.0 Å². The minimum atomic E-state index is -1.34. The lowest BCUT2D eigenvalue weighted by Gasteiger charge is -2.21. The van der Waals surface area contributed by atoms with Crippen molar-refractivity contribution in [3.05, 3.63) is 58.8 Å². The summed E-state index contributed by atoms with van der Waals surface area (Å²) in [6, 6.07) is 7.49. The van der Waals surface area contributed by atoms with E-state index in [4.69, 9.17) is 16.0 Å². The summed E-state index contributed by atoms with van der Waals surface area (Å²) in [5.41, 5.74) is -1.20. The normalized spacial score (nSPS) is 13.7. The predicted octanol–water partition coefficient (Wildman–Crippen LogP) is 2.64. The summed E-state index contributed by atoms with van der Waals surface area (Å²) in [5.74, 6) is -0.629. The number of nitrogens with one attached hydrogen (secondary N) is 1. The molecule has 0 radical (unpaired) electrons. The topological polar surface area (TPSA) is 62.5 Å². The molecule has 1 aromatic carbocycles. The van der Waals surface area contributed by atoms with Gasteiger partial charge < -0.3 is 14.8 Å². The number of furan rings is 1. The van der Waals surface area contributed by atoms with Gasteiger partial charge in [0.05, 0.1) is 19.2 Å². The Morgan fingerprint density at radius 3 is 2.81 bits per heavy atom. The average Bonchev–Trinajstić information content (AvgIpc) is 2.96. The van der Waals surface area contributed by atoms with Crippen LogP contribution in [0.3, 0.4) is 0 Å². The van der Waals surface area contributed by atoms with Gasteiger partial charge in [-0.15, -0.1) is 0 Å². The Morgan fingerprint density at radius 2 is 2.19 bits per heavy atom. The van der Waals surface area contributed by atoms with Crippen LogP contribution >= 0.6 is 11.6 Å². The molecule has 1 atom stereocenters. The Kier molecular flexibility index (Phi) is 4.65. The first kappa shape index (κ1) is 15.5. The Balaban J connectivity index is 1.97. The van der Waals surface area contributed by atoms with Crippen LogP contribution in [0.2, 0.25) is 5.02 Å². The highest BCUT2D eigenvalue weighted by molar-refractivity contribution is 6.31. The third-order valence-corrected chi connectivity index (χ3v) is 3.43. The van der Waals surface area contributed by atoms with Crippen LogP contribution in [0.1, 0.15) is 18.2 Å². The molecule has 0 bridgehead atoms. The van der Waals surface area contributed by atoms with Crippen LogP contribution in [-0.2, 0) is 16.8 Å². The Labute approximate surface area is 126 Å². The van der Waals surface area contributed by atoms with Crippen molar-refractivity contribution in [3.63, 3.8) is 0 Å². The van der Waals surface area contributed by atoms with Crippen molar-refractivity contribution < 1.29 is 18.7 Å². The second kappa shape index (κ2) is 6.28. The minimum absolute atomic E-state index is 0.0502. The molecular weight excluding hydrogens is 297 g/mol. The monoisotopic (exact) mass is 311 g/mol. The van der Waals surface area contributed by atoms with E-state index in [1.165, 1.54) is 31.4 Å². The molecule has 112 valence electrons. The first-order chi connectivity index (χ1) is 9.90. The van der Waals surface area contributed by atoms with Crippen LogP contribution in [0.5, 0.6) is 0 Å². The largest absolute Gasteiger partial charge is 0.466 e. The lowest BCUT2D eigenvalue weighted by atomic mass is 10.0. The summed E-state index contributed by atoms with van der Waals surface area (Å²) in [5, 5.41) is 12.9. The molecule has 21 heavy (non-hydrogen) atoms. The van der Waals surface area contributed by atoms with Crippen molar-refractivity contribution in [2.45, 2.75) is 18.9 Å². The van der Waals surface area contributed by atoms with E-state index in [2.05, 4.69) is 5.32 Å². The van der Waals surface area contributed by atoms with E-state index in [1.807, 2.05) is 0 Å². The molecule has 0 fully saturated rings. The van der Waals surface area contributed by atoms with Crippen LogP contribution in [-0.4, -0.2) is 17.6 Å². The van der Waals surface area contributed by atoms with Crippen molar-refractivity contribution in [1.29, 1.82) is 0 Å². The van der Waals surface area contributed by atoms with Crippen molar-refractivity contribution in [2.24, 2.45) is 0 Å². The first-order valence-corrected chi connectivity index (χ1v) is 6.74. The Bertz CT molecular complexity index is 606. The zero-order chi connectivity index (χ0) is 15.5. The van der Waals surface area contributed by atoms with Crippen LogP contribution in [0, 0.1) is 5.82 Å². The van der Waals surface area contributed by atoms with Crippen LogP contribution < -0.4 is 5.32 Å². The van der Waals surface area contributed by atoms with Crippen molar-refractivity contribution in [2.75, 3.05) is 6.54 Å². The van der Waals surface area contributed by atoms with E-state index in [1.54, 1.807) is 12.1 Å². The molecule has 0 aliphatic rings. The van der Waals surface area contributed by atoms with Gasteiger partial charge in [0, 0.05) is 10.6 Å². The summed E-state index contributed by atoms with van der Waals surface area (Å²) in [6.45, 7) is 1.47. The maximum absolute atomic E-state index is 13.6. The summed E-state index contributed by atoms with van der Waals surface area (Å²) >= 11 is 5.86. The van der Waals surface area contributed by atoms with Gasteiger partial charge in [-0.3, -0.25) is 4.79 Å². The van der Waals surface area contributed by atoms with Gasteiger partial charge in [-0.25, -0.2) is 4.39 Å². The number of hydrogen-bond donors (Lipinski definition) is 2. The molecule has 2 rings (SSSR count). The highest BCUT2D eigenvalue weighted by Crippen LogP contribution is 2.21. The highest BCUT2D eigenvalue weighted by atomic mass is 35.5. The molecule has 6 heteroatoms. The molecule has 1 unspecified atom stereocenters. The fourth-order valence-electron chi connectivity index (χ4n) is 1.87. The number of aliphatic hydroxyl groups is 1.